The number of pyridine rings is 1. The Kier molecular flexibility index (Phi) is 6.27. The molecule has 1 saturated heterocycles. The van der Waals surface area contributed by atoms with E-state index >= 15 is 0 Å². The van der Waals surface area contributed by atoms with Gasteiger partial charge in [0.25, 0.3) is 0 Å². The molecule has 0 saturated carbocycles. The number of allylic oxidation sites excluding steroid dienone is 1. The quantitative estimate of drug-likeness (QED) is 0.735. The molecule has 2 aromatic rings. The highest BCUT2D eigenvalue weighted by Gasteiger charge is 2.32. The van der Waals surface area contributed by atoms with E-state index in [4.69, 9.17) is 9.72 Å². The molecule has 0 radical (unpaired) electrons. The summed E-state index contributed by atoms with van der Waals surface area (Å²) in [6, 6.07) is 2.21. The van der Waals surface area contributed by atoms with Gasteiger partial charge in [0, 0.05) is 37.5 Å². The normalized spacial score (nSPS) is 22.3. The summed E-state index contributed by atoms with van der Waals surface area (Å²) in [5.41, 5.74) is 2.55. The van der Waals surface area contributed by atoms with Gasteiger partial charge >= 0.3 is 0 Å². The maximum atomic E-state index is 12.3. The standard InChI is InChI=1S/C23H31N5O2/c1-15(24-3)6-8-19(29)9-7-17-5-4-10-28-12-18(17)13-30-21-11-20-22(27-23(21)28)16(2)25-14-26-20/h6,8,11,14-15,17-18,24H,4-5,7,9-10,12-13H2,1-3H3/b8-6+/t15-,17?,18-/m0/s1. The van der Waals surface area contributed by atoms with Crippen LogP contribution in [0, 0.1) is 18.8 Å². The fraction of sp³-hybridized carbons (Fsp3) is 0.565. The summed E-state index contributed by atoms with van der Waals surface area (Å²) < 4.78 is 6.22. The first-order valence-electron chi connectivity index (χ1n) is 10.9. The molecule has 1 unspecified atom stereocenters. The molecule has 4 heterocycles. The third-order valence-electron chi connectivity index (χ3n) is 6.40. The zero-order valence-electron chi connectivity index (χ0n) is 18.1. The Bertz CT molecular complexity index is 945. The highest BCUT2D eigenvalue weighted by Crippen LogP contribution is 2.38. The second-order valence-corrected chi connectivity index (χ2v) is 8.50. The Morgan fingerprint density at radius 1 is 1.43 bits per heavy atom. The molecule has 1 N–H and O–H groups in total. The van der Waals surface area contributed by atoms with Gasteiger partial charge in [0.1, 0.15) is 11.8 Å². The molecule has 0 aromatic carbocycles. The average molecular weight is 410 g/mol. The lowest BCUT2D eigenvalue weighted by molar-refractivity contribution is -0.115. The first-order chi connectivity index (χ1) is 14.5. The number of hydrogen-bond donors (Lipinski definition) is 1. The van der Waals surface area contributed by atoms with Crippen molar-refractivity contribution in [3.63, 3.8) is 0 Å². The van der Waals surface area contributed by atoms with E-state index in [1.807, 2.05) is 33.0 Å². The van der Waals surface area contributed by atoms with Crippen molar-refractivity contribution in [1.82, 2.24) is 20.3 Å². The molecule has 2 aliphatic heterocycles. The lowest BCUT2D eigenvalue weighted by Gasteiger charge is -2.25. The van der Waals surface area contributed by atoms with Crippen molar-refractivity contribution in [1.29, 1.82) is 0 Å². The number of nitrogens with zero attached hydrogens (tertiary/aromatic N) is 4. The third kappa shape index (κ3) is 4.46. The van der Waals surface area contributed by atoms with Crippen molar-refractivity contribution in [3.05, 3.63) is 30.2 Å². The number of nitrogens with one attached hydrogen (secondary N) is 1. The van der Waals surface area contributed by atoms with E-state index in [0.29, 0.717) is 24.9 Å². The van der Waals surface area contributed by atoms with Crippen molar-refractivity contribution in [2.75, 3.05) is 31.6 Å². The van der Waals surface area contributed by atoms with Gasteiger partial charge in [0.15, 0.2) is 17.4 Å². The van der Waals surface area contributed by atoms with Crippen LogP contribution in [0.3, 0.4) is 0 Å². The largest absolute Gasteiger partial charge is 0.489 e. The summed E-state index contributed by atoms with van der Waals surface area (Å²) in [5, 5.41) is 3.12. The van der Waals surface area contributed by atoms with E-state index in [9.17, 15) is 4.79 Å². The number of ether oxygens (including phenoxy) is 1. The minimum Gasteiger partial charge on any atom is -0.489 e. The summed E-state index contributed by atoms with van der Waals surface area (Å²) in [6.07, 6.45) is 8.97. The topological polar surface area (TPSA) is 80.2 Å². The van der Waals surface area contributed by atoms with E-state index in [1.54, 1.807) is 12.4 Å². The van der Waals surface area contributed by atoms with Crippen LogP contribution in [-0.2, 0) is 4.79 Å². The maximum Gasteiger partial charge on any atom is 0.172 e. The van der Waals surface area contributed by atoms with Crippen LogP contribution in [0.4, 0.5) is 5.82 Å². The van der Waals surface area contributed by atoms with Gasteiger partial charge in [-0.2, -0.15) is 0 Å². The van der Waals surface area contributed by atoms with E-state index in [1.165, 1.54) is 0 Å². The first kappa shape index (κ1) is 20.7. The number of aromatic nitrogens is 3. The number of fused-ring (bicyclic) bond motifs is 5. The molecule has 3 atom stereocenters. The van der Waals surface area contributed by atoms with Gasteiger partial charge in [0.2, 0.25) is 0 Å². The fourth-order valence-electron chi connectivity index (χ4n) is 4.43. The monoisotopic (exact) mass is 409 g/mol. The number of aryl methyl sites for hydroxylation is 1. The average Bonchev–Trinajstić information content (AvgIpc) is 3.06. The molecule has 7 heteroatoms. The van der Waals surface area contributed by atoms with Crippen LogP contribution >= 0.6 is 0 Å². The van der Waals surface area contributed by atoms with Gasteiger partial charge in [-0.05, 0) is 52.2 Å². The zero-order valence-corrected chi connectivity index (χ0v) is 18.1. The van der Waals surface area contributed by atoms with Crippen molar-refractivity contribution >= 4 is 22.6 Å². The van der Waals surface area contributed by atoms with Crippen LogP contribution in [0.25, 0.3) is 11.0 Å². The van der Waals surface area contributed by atoms with Crippen molar-refractivity contribution in [2.45, 2.75) is 45.6 Å². The van der Waals surface area contributed by atoms with Gasteiger partial charge in [-0.3, -0.25) is 4.79 Å². The number of anilines is 1. The molecule has 4 rings (SSSR count). The van der Waals surface area contributed by atoms with Crippen molar-refractivity contribution in [2.24, 2.45) is 11.8 Å². The fourth-order valence-corrected chi connectivity index (χ4v) is 4.43. The second-order valence-electron chi connectivity index (χ2n) is 8.50. The summed E-state index contributed by atoms with van der Waals surface area (Å²) in [7, 11) is 1.90. The Balaban J connectivity index is 1.48. The Morgan fingerprint density at radius 2 is 2.30 bits per heavy atom. The van der Waals surface area contributed by atoms with Gasteiger partial charge < -0.3 is 15.0 Å². The van der Waals surface area contributed by atoms with E-state index in [0.717, 1.165) is 60.6 Å². The number of rotatable bonds is 6. The van der Waals surface area contributed by atoms with E-state index < -0.39 is 0 Å². The van der Waals surface area contributed by atoms with Gasteiger partial charge in [-0.1, -0.05) is 6.08 Å². The summed E-state index contributed by atoms with van der Waals surface area (Å²) in [4.78, 5) is 28.2. The molecular formula is C23H31N5O2. The predicted molar refractivity (Wildman–Crippen MR) is 118 cm³/mol. The molecule has 0 aliphatic carbocycles. The molecule has 2 aliphatic rings. The second kappa shape index (κ2) is 9.08. The molecule has 2 bridgehead atoms. The van der Waals surface area contributed by atoms with Gasteiger partial charge in [-0.25, -0.2) is 15.0 Å². The highest BCUT2D eigenvalue weighted by molar-refractivity contribution is 5.89. The number of ketones is 1. The smallest absolute Gasteiger partial charge is 0.172 e. The number of carbonyl (C=O) groups excluding carboxylic acids is 1. The Labute approximate surface area is 177 Å². The molecular weight excluding hydrogens is 378 g/mol. The minimum atomic E-state index is 0.206. The van der Waals surface area contributed by atoms with Gasteiger partial charge in [-0.15, -0.1) is 0 Å². The summed E-state index contributed by atoms with van der Waals surface area (Å²) in [6.45, 7) is 6.54. The SMILES string of the molecule is CN[C@@H](C)/C=C/C(=O)CCC1CCCN2C[C@H]1COc1cc3ncnc(C)c3nc12. The third-order valence-corrected chi connectivity index (χ3v) is 6.40. The zero-order chi connectivity index (χ0) is 21.1. The first-order valence-corrected chi connectivity index (χ1v) is 10.9. The maximum absolute atomic E-state index is 12.3. The van der Waals surface area contributed by atoms with Crippen molar-refractivity contribution in [3.8, 4) is 5.75 Å². The summed E-state index contributed by atoms with van der Waals surface area (Å²) >= 11 is 0. The van der Waals surface area contributed by atoms with Crippen LogP contribution in [0.2, 0.25) is 0 Å². The molecule has 1 fully saturated rings. The van der Waals surface area contributed by atoms with E-state index in [2.05, 4.69) is 20.2 Å². The van der Waals surface area contributed by atoms with Crippen LogP contribution in [-0.4, -0.2) is 53.5 Å². The van der Waals surface area contributed by atoms with Crippen LogP contribution in [0.1, 0.15) is 38.3 Å². The molecule has 0 spiro atoms. The van der Waals surface area contributed by atoms with Crippen molar-refractivity contribution < 1.29 is 9.53 Å². The van der Waals surface area contributed by atoms with E-state index in [-0.39, 0.29) is 11.8 Å². The van der Waals surface area contributed by atoms with Crippen LogP contribution < -0.4 is 15.0 Å². The number of carbonyl (C=O) groups is 1. The Hall–Kier alpha value is -2.54. The molecule has 160 valence electrons. The lowest BCUT2D eigenvalue weighted by atomic mass is 9.85. The summed E-state index contributed by atoms with van der Waals surface area (Å²) in [5.74, 6) is 2.80. The predicted octanol–water partition coefficient (Wildman–Crippen LogP) is 3.07. The lowest BCUT2D eigenvalue weighted by Crippen LogP contribution is -2.31. The highest BCUT2D eigenvalue weighted by atomic mass is 16.5. The number of hydrogen-bond acceptors (Lipinski definition) is 7. The molecule has 30 heavy (non-hydrogen) atoms. The van der Waals surface area contributed by atoms with Crippen LogP contribution in [0.15, 0.2) is 24.5 Å². The van der Waals surface area contributed by atoms with Crippen LogP contribution in [0.5, 0.6) is 5.75 Å². The Morgan fingerprint density at radius 3 is 3.13 bits per heavy atom. The minimum absolute atomic E-state index is 0.206. The van der Waals surface area contributed by atoms with Gasteiger partial charge in [0.05, 0.1) is 17.8 Å². The number of likely N-dealkylation sites (N-methyl/N-ethyl adjacent to an activating group) is 1. The molecule has 7 nitrogen and oxygen atoms in total. The molecule has 2 aromatic heterocycles. The molecule has 0 amide bonds.